The second-order valence-corrected chi connectivity index (χ2v) is 5.54. The molecule has 0 atom stereocenters. The van der Waals surface area contributed by atoms with E-state index in [1.807, 2.05) is 30.1 Å². The molecule has 5 heteroatoms. The molecule has 1 aromatic carbocycles. The van der Waals surface area contributed by atoms with Crippen molar-refractivity contribution in [1.29, 1.82) is 0 Å². The lowest BCUT2D eigenvalue weighted by Gasteiger charge is -2.28. The molecule has 0 spiro atoms. The van der Waals surface area contributed by atoms with Crippen LogP contribution in [-0.4, -0.2) is 22.2 Å². The normalized spacial score (nSPS) is 14.3. The third-order valence-electron chi connectivity index (χ3n) is 3.34. The first-order chi connectivity index (χ1) is 9.16. The van der Waals surface area contributed by atoms with Gasteiger partial charge in [-0.3, -0.25) is 9.48 Å². The Morgan fingerprint density at radius 2 is 2.16 bits per heavy atom. The molecule has 0 radical (unpaired) electrons. The largest absolute Gasteiger partial charge is 0.307 e. The third kappa shape index (κ3) is 2.18. The van der Waals surface area contributed by atoms with Crippen molar-refractivity contribution >= 4 is 27.5 Å². The Labute approximate surface area is 120 Å². The number of halogens is 1. The van der Waals surface area contributed by atoms with Gasteiger partial charge in [-0.25, -0.2) is 0 Å². The maximum absolute atomic E-state index is 12.6. The number of aryl methyl sites for hydroxylation is 2. The van der Waals surface area contributed by atoms with Crippen LogP contribution in [0.25, 0.3) is 0 Å². The van der Waals surface area contributed by atoms with Gasteiger partial charge >= 0.3 is 0 Å². The van der Waals surface area contributed by atoms with Crippen molar-refractivity contribution in [2.75, 3.05) is 11.4 Å². The van der Waals surface area contributed by atoms with Crippen LogP contribution in [-0.2, 0) is 13.5 Å². The van der Waals surface area contributed by atoms with Crippen molar-refractivity contribution in [1.82, 2.24) is 9.78 Å². The second kappa shape index (κ2) is 4.81. The molecular formula is C14H14BrN3O. The van der Waals surface area contributed by atoms with E-state index in [0.29, 0.717) is 5.69 Å². The van der Waals surface area contributed by atoms with Crippen LogP contribution in [0.1, 0.15) is 22.5 Å². The van der Waals surface area contributed by atoms with E-state index < -0.39 is 0 Å². The highest BCUT2D eigenvalue weighted by Gasteiger charge is 2.26. The van der Waals surface area contributed by atoms with Crippen LogP contribution in [0.5, 0.6) is 0 Å². The molecule has 1 aliphatic rings. The number of anilines is 1. The minimum absolute atomic E-state index is 0.0420. The van der Waals surface area contributed by atoms with Gasteiger partial charge in [0.05, 0.1) is 4.47 Å². The summed E-state index contributed by atoms with van der Waals surface area (Å²) >= 11 is 3.39. The Kier molecular flexibility index (Phi) is 3.14. The zero-order valence-electron chi connectivity index (χ0n) is 10.6. The van der Waals surface area contributed by atoms with Gasteiger partial charge in [-0.2, -0.15) is 5.10 Å². The fourth-order valence-electron chi connectivity index (χ4n) is 2.48. The van der Waals surface area contributed by atoms with Crippen LogP contribution < -0.4 is 4.90 Å². The summed E-state index contributed by atoms with van der Waals surface area (Å²) < 4.78 is 2.38. The molecule has 1 aliphatic heterocycles. The van der Waals surface area contributed by atoms with Crippen molar-refractivity contribution in [2.24, 2.45) is 7.05 Å². The van der Waals surface area contributed by atoms with Crippen molar-refractivity contribution in [3.05, 3.63) is 46.2 Å². The maximum atomic E-state index is 12.6. The van der Waals surface area contributed by atoms with Crippen LogP contribution in [0.4, 0.5) is 5.69 Å². The van der Waals surface area contributed by atoms with Crippen LogP contribution in [0.3, 0.4) is 0 Å². The number of benzene rings is 1. The number of carbonyl (C=O) groups is 1. The summed E-state index contributed by atoms with van der Waals surface area (Å²) in [7, 11) is 1.81. The second-order valence-electron chi connectivity index (χ2n) is 4.69. The fourth-order valence-corrected chi connectivity index (χ4v) is 3.02. The molecule has 0 fully saturated rings. The molecule has 3 rings (SSSR count). The van der Waals surface area contributed by atoms with E-state index in [1.54, 1.807) is 10.9 Å². The van der Waals surface area contributed by atoms with E-state index in [0.717, 1.165) is 29.5 Å². The summed E-state index contributed by atoms with van der Waals surface area (Å²) in [5.41, 5.74) is 2.71. The van der Waals surface area contributed by atoms with Crippen LogP contribution >= 0.6 is 15.9 Å². The molecule has 98 valence electrons. The molecule has 2 aromatic rings. The van der Waals surface area contributed by atoms with E-state index >= 15 is 0 Å². The third-order valence-corrected chi connectivity index (χ3v) is 3.92. The molecule has 0 saturated heterocycles. The van der Waals surface area contributed by atoms with Crippen molar-refractivity contribution in [3.63, 3.8) is 0 Å². The Bertz CT molecular complexity index is 635. The summed E-state index contributed by atoms with van der Waals surface area (Å²) in [6.45, 7) is 0.749. The monoisotopic (exact) mass is 319 g/mol. The average Bonchev–Trinajstić information content (AvgIpc) is 2.76. The van der Waals surface area contributed by atoms with Gasteiger partial charge < -0.3 is 4.90 Å². The summed E-state index contributed by atoms with van der Waals surface area (Å²) in [5, 5.41) is 4.24. The van der Waals surface area contributed by atoms with Crippen LogP contribution in [0.15, 0.2) is 34.9 Å². The van der Waals surface area contributed by atoms with Crippen molar-refractivity contribution in [3.8, 4) is 0 Å². The smallest absolute Gasteiger partial charge is 0.279 e. The highest BCUT2D eigenvalue weighted by Crippen LogP contribution is 2.29. The van der Waals surface area contributed by atoms with Gasteiger partial charge in [0, 0.05) is 25.5 Å². The minimum Gasteiger partial charge on any atom is -0.307 e. The molecule has 2 heterocycles. The highest BCUT2D eigenvalue weighted by molar-refractivity contribution is 9.10. The first-order valence-corrected chi connectivity index (χ1v) is 7.05. The molecular weight excluding hydrogens is 306 g/mol. The first kappa shape index (κ1) is 12.4. The molecule has 0 N–H and O–H groups in total. The Balaban J connectivity index is 2.00. The molecule has 0 unspecified atom stereocenters. The molecule has 0 bridgehead atoms. The molecule has 19 heavy (non-hydrogen) atoms. The SMILES string of the molecule is Cn1cc(Br)c(C(=O)N2CCCc3ccccc32)n1. The van der Waals surface area contributed by atoms with E-state index in [9.17, 15) is 4.79 Å². The van der Waals surface area contributed by atoms with Gasteiger partial charge in [0.15, 0.2) is 5.69 Å². The first-order valence-electron chi connectivity index (χ1n) is 6.26. The molecule has 4 nitrogen and oxygen atoms in total. The number of fused-ring (bicyclic) bond motifs is 1. The molecule has 0 saturated carbocycles. The fraction of sp³-hybridized carbons (Fsp3) is 0.286. The molecule has 0 aliphatic carbocycles. The predicted octanol–water partition coefficient (Wildman–Crippen LogP) is 2.78. The van der Waals surface area contributed by atoms with Crippen molar-refractivity contribution < 1.29 is 4.79 Å². The summed E-state index contributed by atoms with van der Waals surface area (Å²) in [5.74, 6) is -0.0420. The lowest BCUT2D eigenvalue weighted by molar-refractivity contribution is 0.0979. The average molecular weight is 320 g/mol. The lowest BCUT2D eigenvalue weighted by Crippen LogP contribution is -2.35. The number of hydrogen-bond donors (Lipinski definition) is 0. The molecule has 1 amide bonds. The van der Waals surface area contributed by atoms with Gasteiger partial charge in [0.1, 0.15) is 0 Å². The van der Waals surface area contributed by atoms with Gasteiger partial charge in [0.2, 0.25) is 0 Å². The lowest BCUT2D eigenvalue weighted by atomic mass is 10.0. The number of rotatable bonds is 1. The number of para-hydroxylation sites is 1. The van der Waals surface area contributed by atoms with E-state index in [1.165, 1.54) is 5.56 Å². The van der Waals surface area contributed by atoms with E-state index in [-0.39, 0.29) is 5.91 Å². The zero-order chi connectivity index (χ0) is 13.4. The van der Waals surface area contributed by atoms with Crippen molar-refractivity contribution in [2.45, 2.75) is 12.8 Å². The van der Waals surface area contributed by atoms with Gasteiger partial charge in [-0.15, -0.1) is 0 Å². The number of amides is 1. The highest BCUT2D eigenvalue weighted by atomic mass is 79.9. The number of hydrogen-bond acceptors (Lipinski definition) is 2. The predicted molar refractivity (Wildman–Crippen MR) is 77.3 cm³/mol. The Morgan fingerprint density at radius 1 is 1.37 bits per heavy atom. The standard InChI is InChI=1S/C14H14BrN3O/c1-17-9-11(15)13(16-17)14(19)18-8-4-6-10-5-2-3-7-12(10)18/h2-3,5,7,9H,4,6,8H2,1H3. The summed E-state index contributed by atoms with van der Waals surface area (Å²) in [6.07, 6.45) is 3.82. The minimum atomic E-state index is -0.0420. The molecule has 1 aromatic heterocycles. The van der Waals surface area contributed by atoms with Crippen LogP contribution in [0, 0.1) is 0 Å². The Hall–Kier alpha value is -1.62. The van der Waals surface area contributed by atoms with Gasteiger partial charge in [-0.05, 0) is 40.4 Å². The van der Waals surface area contributed by atoms with Gasteiger partial charge in [0.25, 0.3) is 5.91 Å². The Morgan fingerprint density at radius 3 is 2.89 bits per heavy atom. The quantitative estimate of drug-likeness (QED) is 0.810. The maximum Gasteiger partial charge on any atom is 0.279 e. The number of aromatic nitrogens is 2. The zero-order valence-corrected chi connectivity index (χ0v) is 12.2. The van der Waals surface area contributed by atoms with Crippen LogP contribution in [0.2, 0.25) is 0 Å². The van der Waals surface area contributed by atoms with E-state index in [2.05, 4.69) is 27.1 Å². The van der Waals surface area contributed by atoms with E-state index in [4.69, 9.17) is 0 Å². The topological polar surface area (TPSA) is 38.1 Å². The summed E-state index contributed by atoms with van der Waals surface area (Å²) in [6, 6.07) is 8.08. The van der Waals surface area contributed by atoms with Gasteiger partial charge in [-0.1, -0.05) is 18.2 Å². The number of nitrogens with zero attached hydrogens (tertiary/aromatic N) is 3. The number of carbonyl (C=O) groups excluding carboxylic acids is 1. The summed E-state index contributed by atoms with van der Waals surface area (Å²) in [4.78, 5) is 14.4.